The van der Waals surface area contributed by atoms with E-state index in [4.69, 9.17) is 9.47 Å². The molecule has 0 bridgehead atoms. The Morgan fingerprint density at radius 2 is 2.04 bits per heavy atom. The number of carbonyl (C=O) groups is 2. The number of carboxylic acid groups (broad SMARTS) is 1. The normalized spacial score (nSPS) is 10.5. The highest BCUT2D eigenvalue weighted by Gasteiger charge is 2.20. The van der Waals surface area contributed by atoms with Gasteiger partial charge >= 0.3 is 5.97 Å². The first kappa shape index (κ1) is 16.5. The van der Waals surface area contributed by atoms with E-state index in [-0.39, 0.29) is 22.8 Å². The summed E-state index contributed by atoms with van der Waals surface area (Å²) in [5.74, 6) is -1.17. The van der Waals surface area contributed by atoms with Gasteiger partial charge in [0.05, 0.1) is 25.3 Å². The molecule has 120 valence electrons. The molecule has 8 heteroatoms. The second-order valence-corrected chi connectivity index (χ2v) is 5.19. The number of ether oxygens (including phenoxy) is 2. The molecule has 2 rings (SSSR count). The predicted octanol–water partition coefficient (Wildman–Crippen LogP) is 2.23. The van der Waals surface area contributed by atoms with Crippen molar-refractivity contribution in [2.45, 2.75) is 0 Å². The van der Waals surface area contributed by atoms with Crippen molar-refractivity contribution in [2.24, 2.45) is 5.10 Å². The van der Waals surface area contributed by atoms with Crippen LogP contribution in [0.2, 0.25) is 0 Å². The van der Waals surface area contributed by atoms with Crippen molar-refractivity contribution in [3.05, 3.63) is 45.6 Å². The van der Waals surface area contributed by atoms with Gasteiger partial charge < -0.3 is 14.6 Å². The van der Waals surface area contributed by atoms with Crippen molar-refractivity contribution < 1.29 is 24.2 Å². The Labute approximate surface area is 136 Å². The van der Waals surface area contributed by atoms with Crippen LogP contribution in [0.5, 0.6) is 11.5 Å². The summed E-state index contributed by atoms with van der Waals surface area (Å²) in [5, 5.41) is 14.9. The van der Waals surface area contributed by atoms with Crippen molar-refractivity contribution in [2.75, 3.05) is 14.2 Å². The summed E-state index contributed by atoms with van der Waals surface area (Å²) in [6, 6.07) is 6.49. The standard InChI is InChI=1S/C15H14N2O5S/c1-21-10-6-5-9(12(15(19)20)13(10)22-2)8-16-17-14(18)11-4-3-7-23-11/h3-8H,1-2H3,(H,17,18)(H,19,20). The molecular formula is C15H14N2O5S. The van der Waals surface area contributed by atoms with E-state index in [1.807, 2.05) is 0 Å². The van der Waals surface area contributed by atoms with E-state index in [9.17, 15) is 14.7 Å². The summed E-state index contributed by atoms with van der Waals surface area (Å²) >= 11 is 1.28. The fourth-order valence-corrected chi connectivity index (χ4v) is 2.51. The zero-order chi connectivity index (χ0) is 16.8. The van der Waals surface area contributed by atoms with Crippen molar-refractivity contribution in [3.63, 3.8) is 0 Å². The van der Waals surface area contributed by atoms with E-state index in [0.717, 1.165) is 0 Å². The number of rotatable bonds is 6. The Kier molecular flexibility index (Phi) is 5.32. The van der Waals surface area contributed by atoms with Gasteiger partial charge in [-0.2, -0.15) is 5.10 Å². The lowest BCUT2D eigenvalue weighted by molar-refractivity contribution is 0.0692. The molecule has 23 heavy (non-hydrogen) atoms. The van der Waals surface area contributed by atoms with Crippen LogP contribution in [-0.4, -0.2) is 37.4 Å². The molecule has 7 nitrogen and oxygen atoms in total. The van der Waals surface area contributed by atoms with Gasteiger partial charge in [0.15, 0.2) is 11.5 Å². The molecule has 0 aliphatic rings. The SMILES string of the molecule is COc1ccc(C=NNC(=O)c2cccs2)c(C(=O)O)c1OC. The topological polar surface area (TPSA) is 97.2 Å². The van der Waals surface area contributed by atoms with E-state index in [0.29, 0.717) is 10.6 Å². The van der Waals surface area contributed by atoms with Gasteiger partial charge in [-0.25, -0.2) is 10.2 Å². The third-order valence-electron chi connectivity index (χ3n) is 2.91. The molecule has 0 aliphatic heterocycles. The van der Waals surface area contributed by atoms with Crippen molar-refractivity contribution in [1.29, 1.82) is 0 Å². The Hall–Kier alpha value is -2.87. The highest BCUT2D eigenvalue weighted by molar-refractivity contribution is 7.12. The smallest absolute Gasteiger partial charge is 0.340 e. The minimum Gasteiger partial charge on any atom is -0.493 e. The first-order valence-corrected chi connectivity index (χ1v) is 7.31. The van der Waals surface area contributed by atoms with Gasteiger partial charge in [0.1, 0.15) is 5.56 Å². The minimum atomic E-state index is -1.19. The van der Waals surface area contributed by atoms with E-state index < -0.39 is 5.97 Å². The maximum absolute atomic E-state index is 11.8. The number of nitrogens with zero attached hydrogens (tertiary/aromatic N) is 1. The third kappa shape index (κ3) is 3.67. The summed E-state index contributed by atoms with van der Waals surface area (Å²) in [4.78, 5) is 23.7. The molecule has 1 aromatic heterocycles. The van der Waals surface area contributed by atoms with Gasteiger partial charge in [-0.05, 0) is 23.6 Å². The molecular weight excluding hydrogens is 320 g/mol. The maximum Gasteiger partial charge on any atom is 0.340 e. The molecule has 1 aromatic carbocycles. The van der Waals surface area contributed by atoms with Crippen LogP contribution >= 0.6 is 11.3 Å². The highest BCUT2D eigenvalue weighted by atomic mass is 32.1. The first-order chi connectivity index (χ1) is 11.1. The van der Waals surface area contributed by atoms with E-state index >= 15 is 0 Å². The summed E-state index contributed by atoms with van der Waals surface area (Å²) in [7, 11) is 2.77. The van der Waals surface area contributed by atoms with Crippen LogP contribution in [-0.2, 0) is 0 Å². The summed E-state index contributed by atoms with van der Waals surface area (Å²) in [5.41, 5.74) is 2.52. The average molecular weight is 334 g/mol. The molecule has 0 saturated carbocycles. The molecule has 0 spiro atoms. The molecule has 0 unspecified atom stereocenters. The van der Waals surface area contributed by atoms with Crippen molar-refractivity contribution in [1.82, 2.24) is 5.43 Å². The zero-order valence-electron chi connectivity index (χ0n) is 12.4. The Balaban J connectivity index is 2.27. The maximum atomic E-state index is 11.8. The van der Waals surface area contributed by atoms with Crippen LogP contribution in [0.1, 0.15) is 25.6 Å². The molecule has 2 N–H and O–H groups in total. The molecule has 1 amide bonds. The lowest BCUT2D eigenvalue weighted by atomic mass is 10.1. The number of amides is 1. The average Bonchev–Trinajstić information content (AvgIpc) is 3.08. The fraction of sp³-hybridized carbons (Fsp3) is 0.133. The van der Waals surface area contributed by atoms with Gasteiger partial charge in [-0.1, -0.05) is 6.07 Å². The number of carbonyl (C=O) groups excluding carboxylic acids is 1. The Morgan fingerprint density at radius 1 is 1.26 bits per heavy atom. The van der Waals surface area contributed by atoms with Crippen LogP contribution in [0.4, 0.5) is 0 Å². The lowest BCUT2D eigenvalue weighted by Gasteiger charge is -2.12. The number of thiophene rings is 1. The number of aromatic carboxylic acids is 1. The molecule has 0 atom stereocenters. The molecule has 0 fully saturated rings. The predicted molar refractivity (Wildman–Crippen MR) is 85.9 cm³/mol. The Bertz CT molecular complexity index is 741. The number of benzene rings is 1. The first-order valence-electron chi connectivity index (χ1n) is 6.43. The van der Waals surface area contributed by atoms with E-state index in [1.165, 1.54) is 37.8 Å². The molecule has 0 radical (unpaired) electrons. The minimum absolute atomic E-state index is 0.0912. The molecule has 0 saturated heterocycles. The lowest BCUT2D eigenvalue weighted by Crippen LogP contribution is -2.16. The third-order valence-corrected chi connectivity index (χ3v) is 3.78. The Morgan fingerprint density at radius 3 is 2.61 bits per heavy atom. The van der Waals surface area contributed by atoms with Gasteiger partial charge in [-0.15, -0.1) is 11.3 Å². The van der Waals surface area contributed by atoms with Crippen LogP contribution in [0.3, 0.4) is 0 Å². The zero-order valence-corrected chi connectivity index (χ0v) is 13.2. The summed E-state index contributed by atoms with van der Waals surface area (Å²) in [6.07, 6.45) is 1.25. The van der Waals surface area contributed by atoms with Crippen molar-refractivity contribution in [3.8, 4) is 11.5 Å². The van der Waals surface area contributed by atoms with Crippen LogP contribution < -0.4 is 14.9 Å². The monoisotopic (exact) mass is 334 g/mol. The summed E-state index contributed by atoms with van der Waals surface area (Å²) in [6.45, 7) is 0. The summed E-state index contributed by atoms with van der Waals surface area (Å²) < 4.78 is 10.2. The second kappa shape index (κ2) is 7.41. The highest BCUT2D eigenvalue weighted by Crippen LogP contribution is 2.32. The van der Waals surface area contributed by atoms with Crippen LogP contribution in [0, 0.1) is 0 Å². The van der Waals surface area contributed by atoms with Gasteiger partial charge in [-0.3, -0.25) is 4.79 Å². The quantitative estimate of drug-likeness (QED) is 0.624. The van der Waals surface area contributed by atoms with Crippen LogP contribution in [0.15, 0.2) is 34.7 Å². The van der Waals surface area contributed by atoms with Crippen molar-refractivity contribution >= 4 is 29.4 Å². The molecule has 0 aliphatic carbocycles. The van der Waals surface area contributed by atoms with E-state index in [2.05, 4.69) is 10.5 Å². The second-order valence-electron chi connectivity index (χ2n) is 4.25. The van der Waals surface area contributed by atoms with Gasteiger partial charge in [0.25, 0.3) is 5.91 Å². The number of hydrogen-bond acceptors (Lipinski definition) is 6. The molecule has 1 heterocycles. The number of hydrogen-bond donors (Lipinski definition) is 2. The van der Waals surface area contributed by atoms with E-state index in [1.54, 1.807) is 23.6 Å². The van der Waals surface area contributed by atoms with Crippen LogP contribution in [0.25, 0.3) is 0 Å². The number of hydrazone groups is 1. The largest absolute Gasteiger partial charge is 0.493 e. The number of nitrogens with one attached hydrogen (secondary N) is 1. The van der Waals surface area contributed by atoms with Gasteiger partial charge in [0, 0.05) is 5.56 Å². The van der Waals surface area contributed by atoms with Gasteiger partial charge in [0.2, 0.25) is 0 Å². The number of carboxylic acids is 1. The number of methoxy groups -OCH3 is 2. The fourth-order valence-electron chi connectivity index (χ4n) is 1.89. The molecule has 2 aromatic rings.